The molecule has 1 aromatic carbocycles. The van der Waals surface area contributed by atoms with E-state index in [2.05, 4.69) is 20.3 Å². The molecule has 2 N–H and O–H groups in total. The Morgan fingerprint density at radius 3 is 2.61 bits per heavy atom. The second kappa shape index (κ2) is 6.27. The lowest BCUT2D eigenvalue weighted by molar-refractivity contribution is 0.818. The second-order valence-electron chi connectivity index (χ2n) is 5.00. The average molecular weight is 309 g/mol. The van der Waals surface area contributed by atoms with Gasteiger partial charge in [0.1, 0.15) is 5.82 Å². The Morgan fingerprint density at radius 2 is 1.96 bits per heavy atom. The zero-order valence-corrected chi connectivity index (χ0v) is 12.4. The summed E-state index contributed by atoms with van der Waals surface area (Å²) in [5, 5.41) is 3.11. The third kappa shape index (κ3) is 3.18. The molecule has 3 aromatic rings. The molecule has 116 valence electrons. The fraction of sp³-hybridized carbons (Fsp3) is 0.125. The van der Waals surface area contributed by atoms with E-state index in [1.807, 2.05) is 37.3 Å². The van der Waals surface area contributed by atoms with Gasteiger partial charge in [0.05, 0.1) is 6.20 Å². The number of nitrogens with one attached hydrogen (secondary N) is 2. The summed E-state index contributed by atoms with van der Waals surface area (Å²) in [6.07, 6.45) is 4.25. The number of hydrogen-bond donors (Lipinski definition) is 2. The molecule has 7 nitrogen and oxygen atoms in total. The van der Waals surface area contributed by atoms with Gasteiger partial charge in [0, 0.05) is 24.5 Å². The van der Waals surface area contributed by atoms with E-state index in [0.717, 1.165) is 10.1 Å². The van der Waals surface area contributed by atoms with Crippen molar-refractivity contribution in [3.63, 3.8) is 0 Å². The largest absolute Gasteiger partial charge is 0.365 e. The molecule has 0 aliphatic carbocycles. The Balaban J connectivity index is 1.92. The van der Waals surface area contributed by atoms with Crippen LogP contribution in [0.3, 0.4) is 0 Å². The van der Waals surface area contributed by atoms with Crippen LogP contribution in [0.25, 0.3) is 5.82 Å². The summed E-state index contributed by atoms with van der Waals surface area (Å²) in [7, 11) is 0. The van der Waals surface area contributed by atoms with Crippen LogP contribution < -0.4 is 16.6 Å². The van der Waals surface area contributed by atoms with Crippen LogP contribution in [0.15, 0.2) is 64.6 Å². The van der Waals surface area contributed by atoms with E-state index in [9.17, 15) is 9.59 Å². The summed E-state index contributed by atoms with van der Waals surface area (Å²) >= 11 is 0. The monoisotopic (exact) mass is 309 g/mol. The minimum Gasteiger partial charge on any atom is -0.365 e. The molecule has 0 aliphatic rings. The molecule has 0 radical (unpaired) electrons. The van der Waals surface area contributed by atoms with Gasteiger partial charge in [-0.1, -0.05) is 30.3 Å². The van der Waals surface area contributed by atoms with Crippen molar-refractivity contribution in [2.45, 2.75) is 13.0 Å². The third-order valence-corrected chi connectivity index (χ3v) is 3.38. The number of benzene rings is 1. The molecule has 23 heavy (non-hydrogen) atoms. The van der Waals surface area contributed by atoms with Crippen LogP contribution in [-0.2, 0) is 0 Å². The van der Waals surface area contributed by atoms with Crippen molar-refractivity contribution in [1.82, 2.24) is 19.5 Å². The predicted octanol–water partition coefficient (Wildman–Crippen LogP) is 1.49. The van der Waals surface area contributed by atoms with Crippen LogP contribution in [0, 0.1) is 0 Å². The molecule has 0 saturated heterocycles. The fourth-order valence-electron chi connectivity index (χ4n) is 2.25. The molecule has 0 fully saturated rings. The molecule has 2 heterocycles. The third-order valence-electron chi connectivity index (χ3n) is 3.38. The molecular weight excluding hydrogens is 294 g/mol. The smallest absolute Gasteiger partial charge is 0.335 e. The first-order chi connectivity index (χ1) is 11.1. The van der Waals surface area contributed by atoms with Crippen molar-refractivity contribution < 1.29 is 0 Å². The van der Waals surface area contributed by atoms with Crippen molar-refractivity contribution >= 4 is 5.82 Å². The Hall–Kier alpha value is -3.22. The van der Waals surface area contributed by atoms with E-state index in [1.54, 1.807) is 0 Å². The van der Waals surface area contributed by atoms with Gasteiger partial charge in [-0.3, -0.25) is 14.8 Å². The van der Waals surface area contributed by atoms with Crippen molar-refractivity contribution in [3.05, 3.63) is 81.4 Å². The highest BCUT2D eigenvalue weighted by Gasteiger charge is 2.10. The summed E-state index contributed by atoms with van der Waals surface area (Å²) in [4.78, 5) is 34.9. The molecule has 2 aromatic heterocycles. The van der Waals surface area contributed by atoms with Crippen LogP contribution in [0.5, 0.6) is 0 Å². The van der Waals surface area contributed by atoms with Gasteiger partial charge < -0.3 is 5.32 Å². The first-order valence-electron chi connectivity index (χ1n) is 7.09. The van der Waals surface area contributed by atoms with Crippen molar-refractivity contribution in [2.75, 3.05) is 5.32 Å². The number of aromatic nitrogens is 4. The number of anilines is 1. The first kappa shape index (κ1) is 14.7. The molecule has 0 unspecified atom stereocenters. The minimum atomic E-state index is -0.569. The van der Waals surface area contributed by atoms with Gasteiger partial charge >= 0.3 is 5.69 Å². The molecule has 0 saturated carbocycles. The van der Waals surface area contributed by atoms with Crippen molar-refractivity contribution in [1.29, 1.82) is 0 Å². The highest BCUT2D eigenvalue weighted by atomic mass is 16.2. The second-order valence-corrected chi connectivity index (χ2v) is 5.00. The lowest BCUT2D eigenvalue weighted by Gasteiger charge is -2.15. The van der Waals surface area contributed by atoms with E-state index in [1.165, 1.54) is 24.7 Å². The fourth-order valence-corrected chi connectivity index (χ4v) is 2.25. The Bertz CT molecular complexity index is 872. The van der Waals surface area contributed by atoms with Crippen molar-refractivity contribution in [3.8, 4) is 5.82 Å². The molecule has 0 spiro atoms. The molecule has 0 aliphatic heterocycles. The minimum absolute atomic E-state index is 0.0568. The zero-order chi connectivity index (χ0) is 16.2. The number of H-pyrrole nitrogens is 1. The predicted molar refractivity (Wildman–Crippen MR) is 86.7 cm³/mol. The van der Waals surface area contributed by atoms with Gasteiger partial charge in [-0.05, 0) is 12.5 Å². The topological polar surface area (TPSA) is 92.7 Å². The van der Waals surface area contributed by atoms with E-state index in [-0.39, 0.29) is 11.9 Å². The quantitative estimate of drug-likeness (QED) is 0.761. The Labute approximate surface area is 131 Å². The average Bonchev–Trinajstić information content (AvgIpc) is 2.56. The summed E-state index contributed by atoms with van der Waals surface area (Å²) in [5.74, 6) is 0.540. The normalized spacial score (nSPS) is 11.9. The Morgan fingerprint density at radius 1 is 1.17 bits per heavy atom. The summed E-state index contributed by atoms with van der Waals surface area (Å²) in [6, 6.07) is 11.0. The van der Waals surface area contributed by atoms with Crippen LogP contribution in [0.1, 0.15) is 18.5 Å². The number of rotatable bonds is 4. The molecule has 0 bridgehead atoms. The van der Waals surface area contributed by atoms with Crippen LogP contribution in [0.4, 0.5) is 5.82 Å². The van der Waals surface area contributed by atoms with Gasteiger partial charge in [-0.2, -0.15) is 0 Å². The lowest BCUT2D eigenvalue weighted by Crippen LogP contribution is -2.34. The van der Waals surface area contributed by atoms with E-state index >= 15 is 0 Å². The highest BCUT2D eigenvalue weighted by molar-refractivity contribution is 5.37. The summed E-state index contributed by atoms with van der Waals surface area (Å²) < 4.78 is 0.936. The van der Waals surface area contributed by atoms with Crippen LogP contribution >= 0.6 is 0 Å². The van der Waals surface area contributed by atoms with Gasteiger partial charge in [-0.15, -0.1) is 0 Å². The maximum absolute atomic E-state index is 12.2. The first-order valence-corrected chi connectivity index (χ1v) is 7.09. The molecular formula is C16H15N5O2. The van der Waals surface area contributed by atoms with E-state index in [0.29, 0.717) is 5.82 Å². The van der Waals surface area contributed by atoms with Crippen molar-refractivity contribution in [2.24, 2.45) is 0 Å². The Kier molecular flexibility index (Phi) is 4.01. The van der Waals surface area contributed by atoms with Gasteiger partial charge in [-0.25, -0.2) is 14.3 Å². The molecule has 1 atom stereocenters. The molecule has 3 rings (SSSR count). The van der Waals surface area contributed by atoms with Crippen LogP contribution in [0.2, 0.25) is 0 Å². The summed E-state index contributed by atoms with van der Waals surface area (Å²) in [6.45, 7) is 1.95. The lowest BCUT2D eigenvalue weighted by atomic mass is 10.1. The zero-order valence-electron chi connectivity index (χ0n) is 12.4. The van der Waals surface area contributed by atoms with Gasteiger partial charge in [0.15, 0.2) is 5.82 Å². The highest BCUT2D eigenvalue weighted by Crippen LogP contribution is 2.15. The number of hydrogen-bond acceptors (Lipinski definition) is 5. The number of nitrogens with zero attached hydrogens (tertiary/aromatic N) is 3. The maximum atomic E-state index is 12.2. The standard InChI is InChI=1S/C16H15N5O2/c1-11(12-5-3-2-4-6-12)19-13-9-15(22)21(16(23)20-13)14-10-17-7-8-18-14/h2-11,19H,1H3,(H,20,23)/t11-/m0/s1. The van der Waals surface area contributed by atoms with Crippen LogP contribution in [-0.4, -0.2) is 19.5 Å². The maximum Gasteiger partial charge on any atom is 0.335 e. The van der Waals surface area contributed by atoms with E-state index < -0.39 is 11.2 Å². The molecule has 0 amide bonds. The van der Waals surface area contributed by atoms with E-state index in [4.69, 9.17) is 0 Å². The number of aromatic amines is 1. The summed E-state index contributed by atoms with van der Waals surface area (Å²) in [5.41, 5.74) is 0.00391. The SMILES string of the molecule is C[C@H](Nc1cc(=O)n(-c2cnccn2)c(=O)[nH]1)c1ccccc1. The molecule has 7 heteroatoms. The van der Waals surface area contributed by atoms with Gasteiger partial charge in [0.25, 0.3) is 5.56 Å². The van der Waals surface area contributed by atoms with Gasteiger partial charge in [0.2, 0.25) is 0 Å².